The van der Waals surface area contributed by atoms with Crippen LogP contribution in [0.2, 0.25) is 0 Å². The van der Waals surface area contributed by atoms with Gasteiger partial charge in [0.1, 0.15) is 6.10 Å². The maximum atomic E-state index is 6.11. The second kappa shape index (κ2) is 8.29. The summed E-state index contributed by atoms with van der Waals surface area (Å²) in [6, 6.07) is 4.00. The lowest BCUT2D eigenvalue weighted by molar-refractivity contribution is 0.133. The molecule has 0 aliphatic carbocycles. The topological polar surface area (TPSA) is 41.5 Å². The largest absolute Gasteiger partial charge is 0.472 e. The van der Waals surface area contributed by atoms with E-state index in [-0.39, 0.29) is 6.10 Å². The number of hydrogen-bond donors (Lipinski definition) is 0. The normalized spacial score (nSPS) is 19.9. The Hall–Kier alpha value is -1.62. The van der Waals surface area contributed by atoms with Crippen molar-refractivity contribution in [2.75, 3.05) is 37.6 Å². The van der Waals surface area contributed by atoms with Crippen LogP contribution in [0.3, 0.4) is 0 Å². The van der Waals surface area contributed by atoms with Crippen LogP contribution < -0.4 is 9.64 Å². The summed E-state index contributed by atoms with van der Waals surface area (Å²) in [7, 11) is 0. The molecule has 23 heavy (non-hydrogen) atoms. The molecule has 3 rings (SSSR count). The van der Waals surface area contributed by atoms with E-state index < -0.39 is 0 Å². The predicted molar refractivity (Wildman–Crippen MR) is 93.0 cm³/mol. The molecule has 0 saturated carbocycles. The Morgan fingerprint density at radius 2 is 1.83 bits per heavy atom. The van der Waals surface area contributed by atoms with E-state index in [1.165, 1.54) is 38.8 Å². The molecule has 5 nitrogen and oxygen atoms in total. The monoisotopic (exact) mass is 316 g/mol. The first kappa shape index (κ1) is 16.2. The van der Waals surface area contributed by atoms with Crippen LogP contribution in [0.1, 0.15) is 38.5 Å². The van der Waals surface area contributed by atoms with Gasteiger partial charge < -0.3 is 9.64 Å². The van der Waals surface area contributed by atoms with Crippen molar-refractivity contribution in [1.82, 2.24) is 15.1 Å². The summed E-state index contributed by atoms with van der Waals surface area (Å²) in [5.74, 6) is 1.61. The average molecular weight is 316 g/mol. The zero-order valence-corrected chi connectivity index (χ0v) is 14.0. The van der Waals surface area contributed by atoms with Gasteiger partial charge in [-0.25, -0.2) is 0 Å². The predicted octanol–water partition coefficient (Wildman–Crippen LogP) is 2.89. The molecule has 0 aromatic carbocycles. The molecule has 0 unspecified atom stereocenters. The fourth-order valence-electron chi connectivity index (χ4n) is 3.41. The molecule has 0 N–H and O–H groups in total. The maximum absolute atomic E-state index is 6.11. The van der Waals surface area contributed by atoms with Gasteiger partial charge in [0.15, 0.2) is 5.82 Å². The zero-order valence-electron chi connectivity index (χ0n) is 14.0. The van der Waals surface area contributed by atoms with Gasteiger partial charge in [-0.2, -0.15) is 0 Å². The molecule has 5 heteroatoms. The molecule has 1 aromatic rings. The average Bonchev–Trinajstić information content (AvgIpc) is 3.27. The highest BCUT2D eigenvalue weighted by molar-refractivity contribution is 5.39. The van der Waals surface area contributed by atoms with E-state index in [9.17, 15) is 0 Å². The van der Waals surface area contributed by atoms with Crippen LogP contribution in [-0.2, 0) is 0 Å². The van der Waals surface area contributed by atoms with Crippen molar-refractivity contribution in [2.45, 2.75) is 44.6 Å². The summed E-state index contributed by atoms with van der Waals surface area (Å²) < 4.78 is 6.11. The Morgan fingerprint density at radius 1 is 1.09 bits per heavy atom. The van der Waals surface area contributed by atoms with Crippen LogP contribution in [0.15, 0.2) is 24.8 Å². The van der Waals surface area contributed by atoms with Crippen LogP contribution in [0.5, 0.6) is 5.88 Å². The first-order valence-electron chi connectivity index (χ1n) is 8.94. The van der Waals surface area contributed by atoms with Crippen LogP contribution >= 0.6 is 0 Å². The van der Waals surface area contributed by atoms with Gasteiger partial charge in [0.25, 0.3) is 0 Å². The number of anilines is 1. The van der Waals surface area contributed by atoms with E-state index in [1.54, 1.807) is 0 Å². The van der Waals surface area contributed by atoms with Crippen molar-refractivity contribution >= 4 is 5.82 Å². The van der Waals surface area contributed by atoms with E-state index in [0.717, 1.165) is 38.3 Å². The summed E-state index contributed by atoms with van der Waals surface area (Å²) in [5.41, 5.74) is 0. The van der Waals surface area contributed by atoms with Crippen LogP contribution in [0.25, 0.3) is 0 Å². The minimum atomic E-state index is 0.165. The van der Waals surface area contributed by atoms with Gasteiger partial charge in [-0.15, -0.1) is 16.8 Å². The summed E-state index contributed by atoms with van der Waals surface area (Å²) in [6.07, 6.45) is 9.18. The van der Waals surface area contributed by atoms with E-state index in [2.05, 4.69) is 26.6 Å². The van der Waals surface area contributed by atoms with Crippen LogP contribution in [0, 0.1) is 0 Å². The number of nitrogens with zero attached hydrogens (tertiary/aromatic N) is 4. The fourth-order valence-corrected chi connectivity index (χ4v) is 3.41. The molecule has 1 aromatic heterocycles. The van der Waals surface area contributed by atoms with Crippen LogP contribution in [0.4, 0.5) is 5.82 Å². The molecule has 2 fully saturated rings. The second-order valence-electron chi connectivity index (χ2n) is 6.54. The van der Waals surface area contributed by atoms with Crippen molar-refractivity contribution < 1.29 is 4.74 Å². The molecular formula is C18H28N4O. The van der Waals surface area contributed by atoms with E-state index in [1.807, 2.05) is 18.2 Å². The van der Waals surface area contributed by atoms with E-state index >= 15 is 0 Å². The highest BCUT2D eigenvalue weighted by Crippen LogP contribution is 2.20. The van der Waals surface area contributed by atoms with Gasteiger partial charge in [0.2, 0.25) is 5.88 Å². The highest BCUT2D eigenvalue weighted by Gasteiger charge is 2.19. The van der Waals surface area contributed by atoms with Crippen molar-refractivity contribution in [1.29, 1.82) is 0 Å². The van der Waals surface area contributed by atoms with Crippen LogP contribution in [-0.4, -0.2) is 53.9 Å². The SMILES string of the molecule is C=CCC[C@@H](CN1CCCC1)Oc1ccc(N2CCCC2)nn1. The molecule has 1 atom stereocenters. The second-order valence-corrected chi connectivity index (χ2v) is 6.54. The van der Waals surface area contributed by atoms with Crippen molar-refractivity contribution in [3.05, 3.63) is 24.8 Å². The number of allylic oxidation sites excluding steroid dienone is 1. The third kappa shape index (κ3) is 4.67. The lowest BCUT2D eigenvalue weighted by atomic mass is 10.2. The first-order chi connectivity index (χ1) is 11.3. The minimum absolute atomic E-state index is 0.165. The molecule has 0 spiro atoms. The van der Waals surface area contributed by atoms with Crippen molar-refractivity contribution in [3.8, 4) is 5.88 Å². The molecule has 2 aliphatic rings. The Balaban J connectivity index is 1.57. The van der Waals surface area contributed by atoms with Gasteiger partial charge in [-0.3, -0.25) is 4.90 Å². The van der Waals surface area contributed by atoms with Crippen molar-refractivity contribution in [3.63, 3.8) is 0 Å². The summed E-state index contributed by atoms with van der Waals surface area (Å²) in [5, 5.41) is 8.63. The lowest BCUT2D eigenvalue weighted by Crippen LogP contribution is -2.34. The Morgan fingerprint density at radius 3 is 2.48 bits per heavy atom. The highest BCUT2D eigenvalue weighted by atomic mass is 16.5. The number of aromatic nitrogens is 2. The smallest absolute Gasteiger partial charge is 0.233 e. The Kier molecular flexibility index (Phi) is 5.86. The third-order valence-corrected chi connectivity index (χ3v) is 4.70. The molecular weight excluding hydrogens is 288 g/mol. The number of ether oxygens (including phenoxy) is 1. The third-order valence-electron chi connectivity index (χ3n) is 4.70. The molecule has 0 amide bonds. The summed E-state index contributed by atoms with van der Waals surface area (Å²) in [4.78, 5) is 4.77. The molecule has 3 heterocycles. The standard InChI is InChI=1S/C18H28N4O/c1-2-3-8-16(15-21-11-4-5-12-21)23-18-10-9-17(19-20-18)22-13-6-7-14-22/h2,9-10,16H,1,3-8,11-15H2/t16-/m0/s1. The lowest BCUT2D eigenvalue weighted by Gasteiger charge is -2.24. The Bertz CT molecular complexity index is 478. The first-order valence-corrected chi connectivity index (χ1v) is 8.94. The van der Waals surface area contributed by atoms with Gasteiger partial charge in [-0.1, -0.05) is 6.08 Å². The van der Waals surface area contributed by atoms with Crippen molar-refractivity contribution in [2.24, 2.45) is 0 Å². The molecule has 2 saturated heterocycles. The molecule has 126 valence electrons. The summed E-state index contributed by atoms with van der Waals surface area (Å²) in [6.45, 7) is 9.35. The summed E-state index contributed by atoms with van der Waals surface area (Å²) >= 11 is 0. The van der Waals surface area contributed by atoms with Gasteiger partial charge in [-0.05, 0) is 57.7 Å². The molecule has 0 bridgehead atoms. The zero-order chi connectivity index (χ0) is 15.9. The minimum Gasteiger partial charge on any atom is -0.472 e. The quantitative estimate of drug-likeness (QED) is 0.690. The van der Waals surface area contributed by atoms with Gasteiger partial charge in [0.05, 0.1) is 0 Å². The van der Waals surface area contributed by atoms with Gasteiger partial charge >= 0.3 is 0 Å². The number of rotatable bonds is 8. The Labute approximate surface area is 139 Å². The molecule has 2 aliphatic heterocycles. The number of likely N-dealkylation sites (tertiary alicyclic amines) is 1. The number of hydrogen-bond acceptors (Lipinski definition) is 5. The van der Waals surface area contributed by atoms with E-state index in [0.29, 0.717) is 5.88 Å². The van der Waals surface area contributed by atoms with Gasteiger partial charge in [0, 0.05) is 25.7 Å². The van der Waals surface area contributed by atoms with E-state index in [4.69, 9.17) is 4.74 Å². The fraction of sp³-hybridized carbons (Fsp3) is 0.667. The maximum Gasteiger partial charge on any atom is 0.233 e. The molecule has 0 radical (unpaired) electrons.